The van der Waals surface area contributed by atoms with Crippen molar-refractivity contribution in [1.82, 2.24) is 4.90 Å². The van der Waals surface area contributed by atoms with Crippen molar-refractivity contribution in [2.24, 2.45) is 0 Å². The Morgan fingerprint density at radius 1 is 0.917 bits per heavy atom. The van der Waals surface area contributed by atoms with Crippen LogP contribution in [-0.2, 0) is 6.42 Å². The van der Waals surface area contributed by atoms with E-state index in [0.717, 1.165) is 25.3 Å². The van der Waals surface area contributed by atoms with Gasteiger partial charge in [-0.3, -0.25) is 4.90 Å². The third kappa shape index (κ3) is 5.70. The maximum Gasteiger partial charge on any atom is 0.119 e. The summed E-state index contributed by atoms with van der Waals surface area (Å²) in [5.74, 6) is 2.11. The van der Waals surface area contributed by atoms with E-state index in [4.69, 9.17) is 27.9 Å². The summed E-state index contributed by atoms with van der Waals surface area (Å²) in [5, 5.41) is 0. The highest BCUT2D eigenvalue weighted by Crippen LogP contribution is 2.26. The van der Waals surface area contributed by atoms with Crippen LogP contribution in [0, 0.1) is 0 Å². The van der Waals surface area contributed by atoms with Crippen LogP contribution in [0.15, 0.2) is 54.6 Å². The van der Waals surface area contributed by atoms with E-state index in [1.807, 2.05) is 25.1 Å². The minimum Gasteiger partial charge on any atom is -0.494 e. The van der Waals surface area contributed by atoms with Crippen LogP contribution >= 0.6 is 23.2 Å². The zero-order valence-electron chi connectivity index (χ0n) is 14.1. The molecule has 0 spiro atoms. The standard InChI is InChI=1S/C20H25Cl2NO/c1-2-24-19-10-8-17(9-11-19)16-20(18-6-4-3-5-7-18)23(14-12-21)15-13-22/h3-11,20H,2,12-16H2,1H3/t20-/m1/s1. The molecule has 130 valence electrons. The fourth-order valence-corrected chi connectivity index (χ4v) is 3.32. The quantitative estimate of drug-likeness (QED) is 0.539. The number of nitrogens with zero attached hydrogens (tertiary/aromatic N) is 1. The average Bonchev–Trinajstić information content (AvgIpc) is 2.62. The Balaban J connectivity index is 2.21. The van der Waals surface area contributed by atoms with E-state index in [0.29, 0.717) is 18.4 Å². The van der Waals surface area contributed by atoms with E-state index in [9.17, 15) is 0 Å². The maximum absolute atomic E-state index is 6.02. The Morgan fingerprint density at radius 2 is 1.54 bits per heavy atom. The van der Waals surface area contributed by atoms with E-state index in [-0.39, 0.29) is 6.04 Å². The third-order valence-corrected chi connectivity index (χ3v) is 4.37. The van der Waals surface area contributed by atoms with Gasteiger partial charge in [-0.15, -0.1) is 23.2 Å². The van der Waals surface area contributed by atoms with Gasteiger partial charge in [0.25, 0.3) is 0 Å². The van der Waals surface area contributed by atoms with Gasteiger partial charge in [-0.25, -0.2) is 0 Å². The van der Waals surface area contributed by atoms with Crippen LogP contribution in [0.4, 0.5) is 0 Å². The molecule has 2 nitrogen and oxygen atoms in total. The summed E-state index contributed by atoms with van der Waals surface area (Å²) in [6.07, 6.45) is 0.921. The van der Waals surface area contributed by atoms with Crippen LogP contribution in [0.1, 0.15) is 24.1 Å². The smallest absolute Gasteiger partial charge is 0.119 e. The van der Waals surface area contributed by atoms with E-state index >= 15 is 0 Å². The number of hydrogen-bond donors (Lipinski definition) is 0. The predicted octanol–water partition coefficient (Wildman–Crippen LogP) is 5.15. The summed E-state index contributed by atoms with van der Waals surface area (Å²) in [6.45, 7) is 4.33. The van der Waals surface area contributed by atoms with Crippen LogP contribution in [0.5, 0.6) is 5.75 Å². The molecule has 0 heterocycles. The third-order valence-electron chi connectivity index (χ3n) is 4.03. The van der Waals surface area contributed by atoms with Crippen LogP contribution in [0.2, 0.25) is 0 Å². The zero-order chi connectivity index (χ0) is 17.2. The van der Waals surface area contributed by atoms with E-state index in [1.54, 1.807) is 0 Å². The Bertz CT molecular complexity index is 568. The van der Waals surface area contributed by atoms with Crippen LogP contribution in [-0.4, -0.2) is 36.4 Å². The molecule has 0 aliphatic rings. The van der Waals surface area contributed by atoms with Crippen molar-refractivity contribution in [3.8, 4) is 5.75 Å². The lowest BCUT2D eigenvalue weighted by molar-refractivity contribution is 0.220. The SMILES string of the molecule is CCOc1ccc(C[C@H](c2ccccc2)N(CCCl)CCCl)cc1. The molecule has 0 fully saturated rings. The Labute approximate surface area is 155 Å². The summed E-state index contributed by atoms with van der Waals surface area (Å²) in [5.41, 5.74) is 2.57. The van der Waals surface area contributed by atoms with Crippen LogP contribution < -0.4 is 4.74 Å². The van der Waals surface area contributed by atoms with Crippen molar-refractivity contribution < 1.29 is 4.74 Å². The van der Waals surface area contributed by atoms with Gasteiger partial charge in [0.15, 0.2) is 0 Å². The Morgan fingerprint density at radius 3 is 2.08 bits per heavy atom. The second-order valence-electron chi connectivity index (χ2n) is 5.62. The summed E-state index contributed by atoms with van der Waals surface area (Å²) in [6, 6.07) is 19.2. The monoisotopic (exact) mass is 365 g/mol. The van der Waals surface area contributed by atoms with Gasteiger partial charge in [0, 0.05) is 30.9 Å². The topological polar surface area (TPSA) is 12.5 Å². The molecule has 2 aromatic rings. The number of rotatable bonds is 10. The lowest BCUT2D eigenvalue weighted by Gasteiger charge is -2.31. The molecular weight excluding hydrogens is 341 g/mol. The highest BCUT2D eigenvalue weighted by Gasteiger charge is 2.20. The first-order valence-electron chi connectivity index (χ1n) is 8.41. The molecule has 0 radical (unpaired) electrons. The molecule has 0 unspecified atom stereocenters. The van der Waals surface area contributed by atoms with Crippen molar-refractivity contribution in [2.75, 3.05) is 31.5 Å². The van der Waals surface area contributed by atoms with Gasteiger partial charge in [0.2, 0.25) is 0 Å². The first-order chi connectivity index (χ1) is 11.8. The second kappa shape index (κ2) is 10.6. The van der Waals surface area contributed by atoms with Gasteiger partial charge in [-0.2, -0.15) is 0 Å². The second-order valence-corrected chi connectivity index (χ2v) is 6.38. The lowest BCUT2D eigenvalue weighted by Crippen LogP contribution is -2.33. The molecule has 0 bridgehead atoms. The van der Waals surface area contributed by atoms with Gasteiger partial charge in [0.05, 0.1) is 6.61 Å². The van der Waals surface area contributed by atoms with E-state index in [1.165, 1.54) is 11.1 Å². The molecule has 0 aromatic heterocycles. The van der Waals surface area contributed by atoms with Gasteiger partial charge in [0.1, 0.15) is 5.75 Å². The van der Waals surface area contributed by atoms with Crippen molar-refractivity contribution in [3.63, 3.8) is 0 Å². The van der Waals surface area contributed by atoms with Crippen LogP contribution in [0.3, 0.4) is 0 Å². The normalized spacial score (nSPS) is 12.3. The first-order valence-corrected chi connectivity index (χ1v) is 9.48. The molecule has 0 aliphatic carbocycles. The minimum atomic E-state index is 0.265. The van der Waals surface area contributed by atoms with Gasteiger partial charge < -0.3 is 4.74 Å². The van der Waals surface area contributed by atoms with Crippen molar-refractivity contribution >= 4 is 23.2 Å². The molecule has 0 N–H and O–H groups in total. The van der Waals surface area contributed by atoms with E-state index in [2.05, 4.69) is 41.3 Å². The van der Waals surface area contributed by atoms with Crippen LogP contribution in [0.25, 0.3) is 0 Å². The largest absolute Gasteiger partial charge is 0.494 e. The predicted molar refractivity (Wildman–Crippen MR) is 104 cm³/mol. The van der Waals surface area contributed by atoms with Gasteiger partial charge in [-0.05, 0) is 36.6 Å². The van der Waals surface area contributed by atoms with Gasteiger partial charge >= 0.3 is 0 Å². The molecule has 4 heteroatoms. The van der Waals surface area contributed by atoms with Crippen molar-refractivity contribution in [1.29, 1.82) is 0 Å². The van der Waals surface area contributed by atoms with Crippen molar-refractivity contribution in [2.45, 2.75) is 19.4 Å². The fourth-order valence-electron chi connectivity index (χ4n) is 2.89. The summed E-state index contributed by atoms with van der Waals surface area (Å²) >= 11 is 12.0. The summed E-state index contributed by atoms with van der Waals surface area (Å²) < 4.78 is 5.53. The molecule has 0 aliphatic heterocycles. The molecule has 0 amide bonds. The maximum atomic E-state index is 6.02. The molecular formula is C20H25Cl2NO. The van der Waals surface area contributed by atoms with E-state index < -0.39 is 0 Å². The Hall–Kier alpha value is -1.22. The molecule has 0 saturated carbocycles. The minimum absolute atomic E-state index is 0.265. The highest BCUT2D eigenvalue weighted by molar-refractivity contribution is 6.18. The van der Waals surface area contributed by atoms with Gasteiger partial charge in [-0.1, -0.05) is 42.5 Å². The summed E-state index contributed by atoms with van der Waals surface area (Å²) in [7, 11) is 0. The highest BCUT2D eigenvalue weighted by atomic mass is 35.5. The molecule has 2 aromatic carbocycles. The number of hydrogen-bond acceptors (Lipinski definition) is 2. The first kappa shape index (κ1) is 19.1. The lowest BCUT2D eigenvalue weighted by atomic mass is 9.97. The number of benzene rings is 2. The number of ether oxygens (including phenoxy) is 1. The summed E-state index contributed by atoms with van der Waals surface area (Å²) in [4.78, 5) is 2.37. The Kier molecular flexibility index (Phi) is 8.44. The fraction of sp³-hybridized carbons (Fsp3) is 0.400. The molecule has 2 rings (SSSR count). The molecule has 24 heavy (non-hydrogen) atoms. The number of alkyl halides is 2. The average molecular weight is 366 g/mol. The van der Waals surface area contributed by atoms with Crippen molar-refractivity contribution in [3.05, 3.63) is 65.7 Å². The number of halogens is 2. The molecule has 0 saturated heterocycles. The molecule has 1 atom stereocenters. The zero-order valence-corrected chi connectivity index (χ0v) is 15.6.